The molecule has 1 aromatic heterocycles. The van der Waals surface area contributed by atoms with Gasteiger partial charge in [0.25, 0.3) is 5.91 Å². The van der Waals surface area contributed by atoms with Gasteiger partial charge in [0.05, 0.1) is 28.5 Å². The minimum absolute atomic E-state index is 0.0895. The van der Waals surface area contributed by atoms with Crippen molar-refractivity contribution in [2.45, 2.75) is 36.1 Å². The normalized spacial score (nSPS) is 14.2. The third-order valence-corrected chi connectivity index (χ3v) is 5.89. The topological polar surface area (TPSA) is 80.3 Å². The first-order valence-corrected chi connectivity index (χ1v) is 10.7. The van der Waals surface area contributed by atoms with Gasteiger partial charge in [-0.15, -0.1) is 0 Å². The third kappa shape index (κ3) is 4.74. The van der Waals surface area contributed by atoms with Crippen molar-refractivity contribution in [1.29, 1.82) is 0 Å². The molecule has 7 heteroatoms. The van der Waals surface area contributed by atoms with Crippen LogP contribution < -0.4 is 15.4 Å². The van der Waals surface area contributed by atoms with Crippen LogP contribution in [0.15, 0.2) is 59.6 Å². The smallest absolute Gasteiger partial charge is 0.252 e. The molecule has 1 heterocycles. The van der Waals surface area contributed by atoms with Crippen molar-refractivity contribution in [2.75, 3.05) is 12.4 Å². The molecule has 2 amide bonds. The van der Waals surface area contributed by atoms with Crippen LogP contribution in [0, 0.1) is 0 Å². The second-order valence-electron chi connectivity index (χ2n) is 7.25. The monoisotopic (exact) mass is 421 g/mol. The van der Waals surface area contributed by atoms with Crippen LogP contribution >= 0.6 is 11.8 Å². The number of hydrogen-bond donors (Lipinski definition) is 2. The second-order valence-corrected chi connectivity index (χ2v) is 8.61. The molecule has 0 radical (unpaired) electrons. The summed E-state index contributed by atoms with van der Waals surface area (Å²) in [5.74, 6) is 0.505. The molecule has 2 aromatic carbocycles. The van der Waals surface area contributed by atoms with Crippen molar-refractivity contribution in [3.63, 3.8) is 0 Å². The highest BCUT2D eigenvalue weighted by atomic mass is 32.2. The molecule has 1 atom stereocenters. The van der Waals surface area contributed by atoms with Crippen LogP contribution in [0.2, 0.25) is 0 Å². The molecule has 0 aliphatic heterocycles. The first-order valence-electron chi connectivity index (χ1n) is 9.85. The van der Waals surface area contributed by atoms with Crippen LogP contribution in [0.1, 0.15) is 30.1 Å². The number of pyridine rings is 1. The molecular weight excluding hydrogens is 398 g/mol. The van der Waals surface area contributed by atoms with Gasteiger partial charge >= 0.3 is 0 Å². The van der Waals surface area contributed by atoms with Crippen LogP contribution in [-0.4, -0.2) is 35.2 Å². The maximum Gasteiger partial charge on any atom is 0.252 e. The molecule has 6 nitrogen and oxygen atoms in total. The second kappa shape index (κ2) is 8.75. The first kappa shape index (κ1) is 20.2. The number of hydrogen-bond acceptors (Lipinski definition) is 5. The molecule has 30 heavy (non-hydrogen) atoms. The molecule has 1 fully saturated rings. The highest BCUT2D eigenvalue weighted by Crippen LogP contribution is 2.29. The van der Waals surface area contributed by atoms with Gasteiger partial charge in [-0.3, -0.25) is 9.59 Å². The molecule has 4 rings (SSSR count). The number of ether oxygens (including phenoxy) is 1. The minimum atomic E-state index is -0.389. The lowest BCUT2D eigenvalue weighted by atomic mass is 10.1. The Hall–Kier alpha value is -3.06. The van der Waals surface area contributed by atoms with E-state index in [-0.39, 0.29) is 23.1 Å². The quantitative estimate of drug-likeness (QED) is 0.558. The Morgan fingerprint density at radius 1 is 1.13 bits per heavy atom. The lowest BCUT2D eigenvalue weighted by molar-refractivity contribution is -0.115. The molecule has 1 aliphatic rings. The Morgan fingerprint density at radius 3 is 2.57 bits per heavy atom. The van der Waals surface area contributed by atoms with E-state index in [2.05, 4.69) is 15.6 Å². The number of para-hydroxylation sites is 1. The van der Waals surface area contributed by atoms with Crippen LogP contribution in [0.5, 0.6) is 5.75 Å². The van der Waals surface area contributed by atoms with E-state index in [9.17, 15) is 9.59 Å². The van der Waals surface area contributed by atoms with Crippen molar-refractivity contribution in [2.24, 2.45) is 0 Å². The molecule has 1 saturated carbocycles. The molecule has 0 saturated heterocycles. The first-order chi connectivity index (χ1) is 14.5. The van der Waals surface area contributed by atoms with Gasteiger partial charge in [0.15, 0.2) is 0 Å². The lowest BCUT2D eigenvalue weighted by Gasteiger charge is -2.14. The van der Waals surface area contributed by atoms with E-state index >= 15 is 0 Å². The Bertz CT molecular complexity index is 1080. The highest BCUT2D eigenvalue weighted by Gasteiger charge is 2.25. The Labute approximate surface area is 179 Å². The summed E-state index contributed by atoms with van der Waals surface area (Å²) in [7, 11) is 1.60. The number of amides is 2. The molecule has 2 N–H and O–H groups in total. The molecule has 1 unspecified atom stereocenters. The summed E-state index contributed by atoms with van der Waals surface area (Å²) in [4.78, 5) is 30.0. The molecule has 0 spiro atoms. The summed E-state index contributed by atoms with van der Waals surface area (Å²) in [6, 6.07) is 16.8. The Kier molecular flexibility index (Phi) is 5.90. The zero-order valence-electron chi connectivity index (χ0n) is 16.8. The number of fused-ring (bicyclic) bond motifs is 1. The number of carbonyl (C=O) groups is 2. The van der Waals surface area contributed by atoms with Crippen molar-refractivity contribution < 1.29 is 14.3 Å². The van der Waals surface area contributed by atoms with Crippen LogP contribution in [0.25, 0.3) is 10.9 Å². The number of nitrogens with one attached hydrogen (secondary N) is 2. The lowest BCUT2D eigenvalue weighted by Crippen LogP contribution is -2.26. The van der Waals surface area contributed by atoms with Crippen molar-refractivity contribution in [3.05, 3.63) is 60.2 Å². The van der Waals surface area contributed by atoms with Gasteiger partial charge in [0.2, 0.25) is 5.91 Å². The van der Waals surface area contributed by atoms with Crippen molar-refractivity contribution in [1.82, 2.24) is 10.3 Å². The Balaban J connectivity index is 1.51. The summed E-state index contributed by atoms with van der Waals surface area (Å²) in [6.45, 7) is 1.82. The number of carbonyl (C=O) groups excluding carboxylic acids is 2. The van der Waals surface area contributed by atoms with Gasteiger partial charge in [0, 0.05) is 17.1 Å². The highest BCUT2D eigenvalue weighted by molar-refractivity contribution is 8.00. The van der Waals surface area contributed by atoms with Gasteiger partial charge in [0.1, 0.15) is 5.75 Å². The van der Waals surface area contributed by atoms with Gasteiger partial charge in [-0.2, -0.15) is 0 Å². The predicted molar refractivity (Wildman–Crippen MR) is 119 cm³/mol. The number of aromatic nitrogens is 1. The van der Waals surface area contributed by atoms with Gasteiger partial charge in [-0.05, 0) is 56.2 Å². The van der Waals surface area contributed by atoms with E-state index in [4.69, 9.17) is 4.74 Å². The average Bonchev–Trinajstić information content (AvgIpc) is 3.57. The predicted octanol–water partition coefficient (Wildman–Crippen LogP) is 4.25. The van der Waals surface area contributed by atoms with Crippen molar-refractivity contribution in [3.8, 4) is 5.75 Å². The molecule has 3 aromatic rings. The summed E-state index contributed by atoms with van der Waals surface area (Å²) in [5.41, 5.74) is 2.04. The van der Waals surface area contributed by atoms with E-state index < -0.39 is 0 Å². The molecule has 154 valence electrons. The summed E-state index contributed by atoms with van der Waals surface area (Å²) >= 11 is 1.33. The van der Waals surface area contributed by atoms with Gasteiger partial charge in [-0.1, -0.05) is 30.0 Å². The zero-order valence-corrected chi connectivity index (χ0v) is 17.7. The number of methoxy groups -OCH3 is 1. The van der Waals surface area contributed by atoms with E-state index in [1.54, 1.807) is 37.4 Å². The minimum Gasteiger partial charge on any atom is -0.497 e. The van der Waals surface area contributed by atoms with E-state index in [0.717, 1.165) is 29.5 Å². The zero-order chi connectivity index (χ0) is 21.1. The van der Waals surface area contributed by atoms with E-state index in [0.29, 0.717) is 16.3 Å². The van der Waals surface area contributed by atoms with Gasteiger partial charge in [-0.25, -0.2) is 4.98 Å². The maximum absolute atomic E-state index is 12.7. The fraction of sp³-hybridized carbons (Fsp3) is 0.261. The summed E-state index contributed by atoms with van der Waals surface area (Å²) in [5, 5.41) is 7.01. The fourth-order valence-electron chi connectivity index (χ4n) is 3.04. The Morgan fingerprint density at radius 2 is 1.87 bits per heavy atom. The standard InChI is InChI=1S/C23H23N3O3S/c1-14(22(27)24-16-9-11-17(29-2)12-10-16)30-21-13-19(23(28)25-15-7-8-15)18-5-3-4-6-20(18)26-21/h3-6,9-15H,7-8H2,1-2H3,(H,24,27)(H,25,28). The number of anilines is 1. The SMILES string of the molecule is COc1ccc(NC(=O)C(C)Sc2cc(C(=O)NC3CC3)c3ccccc3n2)cc1. The molecule has 1 aliphatic carbocycles. The maximum atomic E-state index is 12.7. The summed E-state index contributed by atoms with van der Waals surface area (Å²) in [6.07, 6.45) is 2.05. The number of benzene rings is 2. The molecule has 0 bridgehead atoms. The third-order valence-electron chi connectivity index (χ3n) is 4.87. The molecular formula is C23H23N3O3S. The number of rotatable bonds is 7. The van der Waals surface area contributed by atoms with Crippen molar-refractivity contribution >= 4 is 40.2 Å². The van der Waals surface area contributed by atoms with Crippen LogP contribution in [0.4, 0.5) is 5.69 Å². The summed E-state index contributed by atoms with van der Waals surface area (Å²) < 4.78 is 5.14. The van der Waals surface area contributed by atoms with E-state index in [1.807, 2.05) is 31.2 Å². The van der Waals surface area contributed by atoms with E-state index in [1.165, 1.54) is 11.8 Å². The van der Waals surface area contributed by atoms with Gasteiger partial charge < -0.3 is 15.4 Å². The largest absolute Gasteiger partial charge is 0.497 e. The average molecular weight is 422 g/mol. The number of nitrogens with zero attached hydrogens (tertiary/aromatic N) is 1. The van der Waals surface area contributed by atoms with Crippen LogP contribution in [-0.2, 0) is 4.79 Å². The fourth-order valence-corrected chi connectivity index (χ4v) is 3.91. The van der Waals surface area contributed by atoms with Crippen LogP contribution in [0.3, 0.4) is 0 Å². The number of thioether (sulfide) groups is 1.